The molecule has 0 unspecified atom stereocenters. The molecule has 1 aliphatic carbocycles. The number of Topliss-reactive ketones (excluding diaryl/α,β-unsaturated/α-hetero) is 1. The Kier molecular flexibility index (Phi) is 4.55. The van der Waals surface area contributed by atoms with Crippen LogP contribution in [0, 0.1) is 5.41 Å². The van der Waals surface area contributed by atoms with Crippen molar-refractivity contribution in [2.24, 2.45) is 5.41 Å². The molecule has 20 heavy (non-hydrogen) atoms. The first-order chi connectivity index (χ1) is 9.38. The highest BCUT2D eigenvalue weighted by atomic mass is 35.5. The van der Waals surface area contributed by atoms with Crippen LogP contribution in [0.1, 0.15) is 56.8 Å². The van der Waals surface area contributed by atoms with Crippen LogP contribution in [0.5, 0.6) is 0 Å². The van der Waals surface area contributed by atoms with E-state index in [2.05, 4.69) is 13.8 Å². The van der Waals surface area contributed by atoms with Gasteiger partial charge >= 0.3 is 0 Å². The van der Waals surface area contributed by atoms with E-state index in [1.807, 2.05) is 6.92 Å². The number of hydrogen-bond acceptors (Lipinski definition) is 2. The van der Waals surface area contributed by atoms with E-state index < -0.39 is 5.60 Å². The summed E-state index contributed by atoms with van der Waals surface area (Å²) >= 11 is 5.89. The molecule has 0 bridgehead atoms. The molecule has 1 fully saturated rings. The third kappa shape index (κ3) is 3.24. The molecule has 0 aliphatic heterocycles. The van der Waals surface area contributed by atoms with E-state index >= 15 is 0 Å². The van der Waals surface area contributed by atoms with E-state index in [-0.39, 0.29) is 5.78 Å². The van der Waals surface area contributed by atoms with Crippen molar-refractivity contribution in [1.82, 2.24) is 0 Å². The molecule has 1 saturated carbocycles. The van der Waals surface area contributed by atoms with E-state index in [1.165, 1.54) is 0 Å². The quantitative estimate of drug-likeness (QED) is 0.738. The Hall–Kier alpha value is -0.860. The van der Waals surface area contributed by atoms with E-state index in [9.17, 15) is 4.79 Å². The highest BCUT2D eigenvalue weighted by Gasteiger charge is 2.44. The van der Waals surface area contributed by atoms with Gasteiger partial charge in [0.2, 0.25) is 0 Å². The van der Waals surface area contributed by atoms with Crippen LogP contribution in [0.3, 0.4) is 0 Å². The lowest BCUT2D eigenvalue weighted by atomic mass is 9.68. The zero-order valence-electron chi connectivity index (χ0n) is 12.5. The molecule has 0 heterocycles. The Morgan fingerprint density at radius 2 is 1.70 bits per heavy atom. The standard InChI is InChI=1S/C17H23ClO2/c1-4-20-17(11-9-16(2,3)10-12-17)15(19)13-5-7-14(18)8-6-13/h5-8H,4,9-12H2,1-3H3. The van der Waals surface area contributed by atoms with Crippen molar-refractivity contribution in [2.45, 2.75) is 52.1 Å². The summed E-state index contributed by atoms with van der Waals surface area (Å²) in [4.78, 5) is 12.9. The molecule has 1 aliphatic rings. The monoisotopic (exact) mass is 294 g/mol. The fourth-order valence-corrected chi connectivity index (χ4v) is 3.03. The lowest BCUT2D eigenvalue weighted by Crippen LogP contribution is -2.46. The molecule has 0 saturated heterocycles. The summed E-state index contributed by atoms with van der Waals surface area (Å²) in [5, 5.41) is 0.650. The Bertz CT molecular complexity index is 466. The van der Waals surface area contributed by atoms with E-state index in [0.29, 0.717) is 22.6 Å². The van der Waals surface area contributed by atoms with Gasteiger partial charge in [-0.15, -0.1) is 0 Å². The molecule has 3 heteroatoms. The summed E-state index contributed by atoms with van der Waals surface area (Å²) in [5.41, 5.74) is 0.362. The van der Waals surface area contributed by atoms with Crippen molar-refractivity contribution < 1.29 is 9.53 Å². The topological polar surface area (TPSA) is 26.3 Å². The normalized spacial score (nSPS) is 20.6. The molecule has 110 valence electrons. The first-order valence-corrected chi connectivity index (χ1v) is 7.71. The van der Waals surface area contributed by atoms with Crippen LogP contribution < -0.4 is 0 Å². The molecule has 0 radical (unpaired) electrons. The van der Waals surface area contributed by atoms with Gasteiger partial charge in [-0.25, -0.2) is 0 Å². The summed E-state index contributed by atoms with van der Waals surface area (Å²) in [5.74, 6) is 0.103. The van der Waals surface area contributed by atoms with Crippen LogP contribution in [0.25, 0.3) is 0 Å². The summed E-state index contributed by atoms with van der Waals surface area (Å²) < 4.78 is 5.93. The average Bonchev–Trinajstić information content (AvgIpc) is 2.42. The summed E-state index contributed by atoms with van der Waals surface area (Å²) in [6.07, 6.45) is 3.64. The number of carbonyl (C=O) groups is 1. The van der Waals surface area contributed by atoms with Crippen molar-refractivity contribution in [3.05, 3.63) is 34.9 Å². The van der Waals surface area contributed by atoms with Gasteiger partial charge in [-0.2, -0.15) is 0 Å². The van der Waals surface area contributed by atoms with E-state index in [1.54, 1.807) is 24.3 Å². The van der Waals surface area contributed by atoms with Gasteiger partial charge in [0.25, 0.3) is 0 Å². The second-order valence-corrected chi connectivity index (χ2v) is 6.86. The first-order valence-electron chi connectivity index (χ1n) is 7.33. The van der Waals surface area contributed by atoms with Crippen LogP contribution in [-0.4, -0.2) is 18.0 Å². The molecule has 1 aromatic carbocycles. The minimum atomic E-state index is -0.641. The minimum Gasteiger partial charge on any atom is -0.367 e. The fraction of sp³-hybridized carbons (Fsp3) is 0.588. The number of halogens is 1. The molecule has 0 atom stereocenters. The minimum absolute atomic E-state index is 0.103. The summed E-state index contributed by atoms with van der Waals surface area (Å²) in [7, 11) is 0. The second-order valence-electron chi connectivity index (χ2n) is 6.43. The lowest BCUT2D eigenvalue weighted by molar-refractivity contribution is -0.0580. The van der Waals surface area contributed by atoms with Crippen molar-refractivity contribution in [1.29, 1.82) is 0 Å². The van der Waals surface area contributed by atoms with Crippen LogP contribution in [-0.2, 0) is 4.74 Å². The Balaban J connectivity index is 2.24. The smallest absolute Gasteiger partial charge is 0.194 e. The maximum absolute atomic E-state index is 12.9. The maximum atomic E-state index is 12.9. The number of benzene rings is 1. The van der Waals surface area contributed by atoms with Gasteiger partial charge in [0.05, 0.1) is 0 Å². The van der Waals surface area contributed by atoms with Crippen LogP contribution in [0.15, 0.2) is 24.3 Å². The van der Waals surface area contributed by atoms with E-state index in [0.717, 1.165) is 25.7 Å². The molecule has 0 amide bonds. The SMILES string of the molecule is CCOC1(C(=O)c2ccc(Cl)cc2)CCC(C)(C)CC1. The highest BCUT2D eigenvalue weighted by Crippen LogP contribution is 2.43. The average molecular weight is 295 g/mol. The Morgan fingerprint density at radius 3 is 2.20 bits per heavy atom. The lowest BCUT2D eigenvalue weighted by Gasteiger charge is -2.42. The molecule has 2 nitrogen and oxygen atoms in total. The molecule has 0 spiro atoms. The predicted molar refractivity (Wildman–Crippen MR) is 82.4 cm³/mol. The molecule has 1 aromatic rings. The molecule has 0 aromatic heterocycles. The van der Waals surface area contributed by atoms with Crippen molar-refractivity contribution in [3.63, 3.8) is 0 Å². The largest absolute Gasteiger partial charge is 0.367 e. The maximum Gasteiger partial charge on any atom is 0.194 e. The van der Waals surface area contributed by atoms with Crippen LogP contribution >= 0.6 is 11.6 Å². The number of ether oxygens (including phenoxy) is 1. The third-order valence-electron chi connectivity index (χ3n) is 4.35. The highest BCUT2D eigenvalue weighted by molar-refractivity contribution is 6.30. The number of carbonyl (C=O) groups excluding carboxylic acids is 1. The fourth-order valence-electron chi connectivity index (χ4n) is 2.91. The van der Waals surface area contributed by atoms with Crippen LogP contribution in [0.2, 0.25) is 5.02 Å². The van der Waals surface area contributed by atoms with Gasteiger partial charge in [-0.3, -0.25) is 4.79 Å². The molecule has 2 rings (SSSR count). The second kappa shape index (κ2) is 5.87. The summed E-state index contributed by atoms with van der Waals surface area (Å²) in [6, 6.07) is 7.12. The van der Waals surface area contributed by atoms with E-state index in [4.69, 9.17) is 16.3 Å². The van der Waals surface area contributed by atoms with Gasteiger partial charge < -0.3 is 4.74 Å². The van der Waals surface area contributed by atoms with Gasteiger partial charge in [0.15, 0.2) is 5.78 Å². The zero-order chi connectivity index (χ0) is 14.8. The predicted octanol–water partition coefficient (Wildman–Crippen LogP) is 4.90. The van der Waals surface area contributed by atoms with Gasteiger partial charge in [-0.1, -0.05) is 25.4 Å². The number of ketones is 1. The summed E-state index contributed by atoms with van der Waals surface area (Å²) in [6.45, 7) is 7.04. The zero-order valence-corrected chi connectivity index (χ0v) is 13.3. The molecular weight excluding hydrogens is 272 g/mol. The first kappa shape index (κ1) is 15.5. The molecule has 0 N–H and O–H groups in total. The van der Waals surface area contributed by atoms with Gasteiger partial charge in [-0.05, 0) is 62.3 Å². The third-order valence-corrected chi connectivity index (χ3v) is 4.60. The number of rotatable bonds is 4. The van der Waals surface area contributed by atoms with Gasteiger partial charge in [0.1, 0.15) is 5.60 Å². The van der Waals surface area contributed by atoms with Crippen LogP contribution in [0.4, 0.5) is 0 Å². The van der Waals surface area contributed by atoms with Gasteiger partial charge in [0, 0.05) is 17.2 Å². The Labute approximate surface area is 126 Å². The van der Waals surface area contributed by atoms with Crippen molar-refractivity contribution in [3.8, 4) is 0 Å². The van der Waals surface area contributed by atoms with Crippen molar-refractivity contribution >= 4 is 17.4 Å². The van der Waals surface area contributed by atoms with Crippen molar-refractivity contribution in [2.75, 3.05) is 6.61 Å². The number of hydrogen-bond donors (Lipinski definition) is 0. The molecular formula is C17H23ClO2. The Morgan fingerprint density at radius 1 is 1.15 bits per heavy atom.